The molecule has 1 aliphatic heterocycles. The van der Waals surface area contributed by atoms with Gasteiger partial charge in [-0.25, -0.2) is 4.79 Å². The molecular weight excluding hydrogens is 568 g/mol. The van der Waals surface area contributed by atoms with E-state index in [1.54, 1.807) is 0 Å². The molecule has 13 nitrogen and oxygen atoms in total. The largest absolute Gasteiger partial charge is 0.508 e. The normalized spacial score (nSPS) is 21.8. The van der Waals surface area contributed by atoms with Gasteiger partial charge in [-0.2, -0.15) is 0 Å². The Bertz CT molecular complexity index is 1710. The molecule has 3 aromatic carbocycles. The monoisotopic (exact) mass is 596 g/mol. The molecule has 226 valence electrons. The van der Waals surface area contributed by atoms with Crippen LogP contribution in [0.1, 0.15) is 22.0 Å². The number of ether oxygens (including phenoxy) is 4. The average molecular weight is 597 g/mol. The molecule has 0 bridgehead atoms. The molecule has 5 rings (SSSR count). The Morgan fingerprint density at radius 1 is 0.884 bits per heavy atom. The number of rotatable bonds is 7. The van der Waals surface area contributed by atoms with Crippen molar-refractivity contribution in [1.29, 1.82) is 0 Å². The lowest BCUT2D eigenvalue weighted by molar-refractivity contribution is -0.231. The van der Waals surface area contributed by atoms with Crippen molar-refractivity contribution in [3.05, 3.63) is 75.9 Å². The third-order valence-electron chi connectivity index (χ3n) is 7.16. The predicted octanol–water partition coefficient (Wildman–Crippen LogP) is 1.97. The number of esters is 1. The van der Waals surface area contributed by atoms with Gasteiger partial charge in [0.2, 0.25) is 0 Å². The first-order valence-corrected chi connectivity index (χ1v) is 13.0. The van der Waals surface area contributed by atoms with Gasteiger partial charge < -0.3 is 54.0 Å². The number of hydrogen-bond acceptors (Lipinski definition) is 13. The number of carbonyl (C=O) groups excluding carboxylic acids is 1. The van der Waals surface area contributed by atoms with Gasteiger partial charge in [-0.1, -0.05) is 0 Å². The molecule has 1 fully saturated rings. The number of phenols is 3. The van der Waals surface area contributed by atoms with Gasteiger partial charge in [-0.05, 0) is 42.5 Å². The van der Waals surface area contributed by atoms with Crippen LogP contribution in [0.5, 0.6) is 28.7 Å². The summed E-state index contributed by atoms with van der Waals surface area (Å²) in [5.41, 5.74) is -1.05. The number of hydrogen-bond donors (Lipinski definition) is 6. The SMILES string of the molecule is COc1ccc(C(=O)O[C@@H]2[C@@H](O)[C@H](O)[C@@H](CO)O[C@H]2c2c(O)cc(O)c3c(=O)cc(-c4ccc(O)cc4)oc23)cc1OC. The van der Waals surface area contributed by atoms with Crippen molar-refractivity contribution in [2.45, 2.75) is 30.5 Å². The molecule has 0 amide bonds. The molecule has 13 heteroatoms. The minimum Gasteiger partial charge on any atom is -0.508 e. The van der Waals surface area contributed by atoms with Crippen molar-refractivity contribution in [1.82, 2.24) is 0 Å². The lowest BCUT2D eigenvalue weighted by Crippen LogP contribution is -2.56. The van der Waals surface area contributed by atoms with Crippen molar-refractivity contribution >= 4 is 16.9 Å². The second-order valence-corrected chi connectivity index (χ2v) is 9.75. The third-order valence-corrected chi connectivity index (χ3v) is 7.16. The number of benzene rings is 3. The lowest BCUT2D eigenvalue weighted by atomic mass is 9.89. The molecule has 5 atom stereocenters. The van der Waals surface area contributed by atoms with Gasteiger partial charge in [0.05, 0.1) is 32.0 Å². The van der Waals surface area contributed by atoms with Crippen LogP contribution in [-0.2, 0) is 9.47 Å². The van der Waals surface area contributed by atoms with Gasteiger partial charge in [0.25, 0.3) is 0 Å². The molecule has 0 unspecified atom stereocenters. The molecule has 1 aromatic heterocycles. The summed E-state index contributed by atoms with van der Waals surface area (Å²) in [6.45, 7) is -0.773. The van der Waals surface area contributed by atoms with Crippen LogP contribution >= 0.6 is 0 Å². The number of carbonyl (C=O) groups is 1. The van der Waals surface area contributed by atoms with E-state index in [1.807, 2.05) is 0 Å². The smallest absolute Gasteiger partial charge is 0.338 e. The Hall–Kier alpha value is -4.82. The maximum absolute atomic E-state index is 13.3. The molecular formula is C30H28O13. The average Bonchev–Trinajstić information content (AvgIpc) is 2.99. The Labute approximate surface area is 243 Å². The van der Waals surface area contributed by atoms with Gasteiger partial charge in [0.15, 0.2) is 28.6 Å². The number of fused-ring (bicyclic) bond motifs is 1. The van der Waals surface area contributed by atoms with Gasteiger partial charge in [-0.15, -0.1) is 0 Å². The minimum absolute atomic E-state index is 0.0160. The maximum Gasteiger partial charge on any atom is 0.338 e. The van der Waals surface area contributed by atoms with Gasteiger partial charge >= 0.3 is 5.97 Å². The highest BCUT2D eigenvalue weighted by atomic mass is 16.6. The van der Waals surface area contributed by atoms with Crippen molar-refractivity contribution in [3.63, 3.8) is 0 Å². The molecule has 1 aliphatic rings. The zero-order chi connectivity index (χ0) is 31.0. The van der Waals surface area contributed by atoms with Crippen LogP contribution < -0.4 is 14.9 Å². The Morgan fingerprint density at radius 3 is 2.23 bits per heavy atom. The minimum atomic E-state index is -1.85. The topological polar surface area (TPSA) is 206 Å². The Morgan fingerprint density at radius 2 is 1.58 bits per heavy atom. The number of aliphatic hydroxyl groups is 3. The second-order valence-electron chi connectivity index (χ2n) is 9.75. The van der Waals surface area contributed by atoms with Crippen LogP contribution in [0.4, 0.5) is 0 Å². The first-order valence-electron chi connectivity index (χ1n) is 13.0. The summed E-state index contributed by atoms with van der Waals surface area (Å²) in [4.78, 5) is 26.4. The molecule has 43 heavy (non-hydrogen) atoms. The fraction of sp³-hybridized carbons (Fsp3) is 0.267. The van der Waals surface area contributed by atoms with E-state index < -0.39 is 60.0 Å². The lowest BCUT2D eigenvalue weighted by Gasteiger charge is -2.42. The highest BCUT2D eigenvalue weighted by Gasteiger charge is 2.49. The molecule has 1 saturated heterocycles. The molecule has 4 aromatic rings. The highest BCUT2D eigenvalue weighted by molar-refractivity contribution is 5.91. The number of methoxy groups -OCH3 is 2. The van der Waals surface area contributed by atoms with Crippen molar-refractivity contribution in [2.75, 3.05) is 20.8 Å². The molecule has 0 aliphatic carbocycles. The van der Waals surface area contributed by atoms with Crippen LogP contribution in [-0.4, -0.2) is 81.9 Å². The first-order chi connectivity index (χ1) is 20.6. The summed E-state index contributed by atoms with van der Waals surface area (Å²) in [6.07, 6.45) is -8.34. The van der Waals surface area contributed by atoms with Crippen LogP contribution in [0.3, 0.4) is 0 Å². The fourth-order valence-electron chi connectivity index (χ4n) is 4.97. The summed E-state index contributed by atoms with van der Waals surface area (Å²) >= 11 is 0. The van der Waals surface area contributed by atoms with Crippen molar-refractivity contribution in [2.24, 2.45) is 0 Å². The zero-order valence-electron chi connectivity index (χ0n) is 22.8. The highest BCUT2D eigenvalue weighted by Crippen LogP contribution is 2.45. The van der Waals surface area contributed by atoms with E-state index in [9.17, 15) is 40.2 Å². The van der Waals surface area contributed by atoms with Crippen molar-refractivity contribution in [3.8, 4) is 40.1 Å². The molecule has 0 spiro atoms. The van der Waals surface area contributed by atoms with Crippen LogP contribution in [0.15, 0.2) is 63.8 Å². The van der Waals surface area contributed by atoms with Gasteiger partial charge in [-0.3, -0.25) is 4.79 Å². The van der Waals surface area contributed by atoms with Crippen LogP contribution in [0.25, 0.3) is 22.3 Å². The van der Waals surface area contributed by atoms with Gasteiger partial charge in [0.1, 0.15) is 52.8 Å². The summed E-state index contributed by atoms with van der Waals surface area (Å²) in [6, 6.07) is 11.8. The van der Waals surface area contributed by atoms with E-state index in [0.29, 0.717) is 11.3 Å². The summed E-state index contributed by atoms with van der Waals surface area (Å²) < 4.78 is 27.8. The summed E-state index contributed by atoms with van der Waals surface area (Å²) in [5.74, 6) is -1.79. The molecule has 0 saturated carbocycles. The first kappa shape index (κ1) is 29.7. The van der Waals surface area contributed by atoms with E-state index in [4.69, 9.17) is 23.4 Å². The molecule has 2 heterocycles. The fourth-order valence-corrected chi connectivity index (χ4v) is 4.97. The third kappa shape index (κ3) is 5.42. The zero-order valence-corrected chi connectivity index (χ0v) is 22.8. The number of phenolic OH excluding ortho intramolecular Hbond substituents is 3. The summed E-state index contributed by atoms with van der Waals surface area (Å²) in [7, 11) is 2.78. The Kier molecular flexibility index (Phi) is 8.15. The number of aliphatic hydroxyl groups excluding tert-OH is 3. The van der Waals surface area contributed by atoms with E-state index >= 15 is 0 Å². The second kappa shape index (κ2) is 11.8. The predicted molar refractivity (Wildman–Crippen MR) is 148 cm³/mol. The maximum atomic E-state index is 13.3. The van der Waals surface area contributed by atoms with Crippen molar-refractivity contribution < 1.29 is 58.8 Å². The molecule has 6 N–H and O–H groups in total. The number of aromatic hydroxyl groups is 3. The Balaban J connectivity index is 1.66. The quantitative estimate of drug-likeness (QED) is 0.169. The van der Waals surface area contributed by atoms with E-state index in [0.717, 1.165) is 12.1 Å². The molecule has 0 radical (unpaired) electrons. The van der Waals surface area contributed by atoms with E-state index in [1.165, 1.54) is 56.7 Å². The van der Waals surface area contributed by atoms with Crippen LogP contribution in [0.2, 0.25) is 0 Å². The van der Waals surface area contributed by atoms with Gasteiger partial charge in [0, 0.05) is 17.7 Å². The van der Waals surface area contributed by atoms with Crippen LogP contribution in [0, 0.1) is 0 Å². The van der Waals surface area contributed by atoms with E-state index in [2.05, 4.69) is 0 Å². The summed E-state index contributed by atoms with van der Waals surface area (Å²) in [5, 5.41) is 62.5. The standard InChI is InChI=1S/C30H28O13/c1-39-19-8-5-14(9-21(19)40-2)30(38)43-29-26(37)25(36)22(12-31)42-28(29)24-17(34)10-16(33)23-18(35)11-20(41-27(23)24)13-3-6-15(32)7-4-13/h3-11,22,25-26,28-29,31-34,36-37H,12H2,1-2H3/t22-,25-,26+,28+,29-/m1/s1. The van der Waals surface area contributed by atoms with E-state index in [-0.39, 0.29) is 39.4 Å².